The molecule has 0 heterocycles. The molecule has 134 valence electrons. The summed E-state index contributed by atoms with van der Waals surface area (Å²) in [6.07, 6.45) is 4.24. The van der Waals surface area contributed by atoms with E-state index in [4.69, 9.17) is 26.8 Å². The Hall–Kier alpha value is -1.95. The Morgan fingerprint density at radius 2 is 2.04 bits per heavy atom. The van der Waals surface area contributed by atoms with Gasteiger partial charge in [-0.1, -0.05) is 24.4 Å². The third kappa shape index (κ3) is 8.06. The molecule has 0 aliphatic carbocycles. The number of esters is 1. The van der Waals surface area contributed by atoms with Crippen molar-refractivity contribution in [2.75, 3.05) is 25.6 Å². The van der Waals surface area contributed by atoms with E-state index in [9.17, 15) is 4.79 Å². The molecule has 3 N–H and O–H groups in total. The van der Waals surface area contributed by atoms with E-state index < -0.39 is 0 Å². The molecule has 0 atom stereocenters. The second-order valence-corrected chi connectivity index (χ2v) is 5.62. The normalized spacial score (nSPS) is 11.2. The number of carbonyl (C=O) groups is 1. The first-order chi connectivity index (χ1) is 11.6. The minimum absolute atomic E-state index is 0.123. The molecule has 6 nitrogen and oxygen atoms in total. The standard InChI is InChI=1S/C17H26ClN3O3/c1-3-24-16(22)8-6-4-5-7-11-20-17(19)21-13-9-10-15(23-2)14(18)12-13/h9-10,12H,3-8,11H2,1-2H3,(H3,19,20,21). The molecule has 1 aromatic carbocycles. The number of nitrogens with one attached hydrogen (secondary N) is 1. The summed E-state index contributed by atoms with van der Waals surface area (Å²) in [6.45, 7) is 2.90. The zero-order valence-electron chi connectivity index (χ0n) is 14.3. The van der Waals surface area contributed by atoms with Crippen molar-refractivity contribution in [2.45, 2.75) is 39.0 Å². The summed E-state index contributed by atoms with van der Waals surface area (Å²) in [7, 11) is 1.57. The highest BCUT2D eigenvalue weighted by Gasteiger charge is 2.03. The molecule has 0 aliphatic heterocycles. The molecule has 0 amide bonds. The Morgan fingerprint density at radius 3 is 2.71 bits per heavy atom. The zero-order valence-corrected chi connectivity index (χ0v) is 15.1. The molecule has 0 aromatic heterocycles. The predicted octanol–water partition coefficient (Wildman–Crippen LogP) is 3.59. The van der Waals surface area contributed by atoms with Crippen LogP contribution >= 0.6 is 11.6 Å². The van der Waals surface area contributed by atoms with Gasteiger partial charge in [-0.05, 0) is 38.0 Å². The molecule has 0 saturated heterocycles. The van der Waals surface area contributed by atoms with E-state index in [1.165, 1.54) is 0 Å². The monoisotopic (exact) mass is 355 g/mol. The smallest absolute Gasteiger partial charge is 0.305 e. The summed E-state index contributed by atoms with van der Waals surface area (Å²) in [5, 5.41) is 3.50. The van der Waals surface area contributed by atoms with Crippen LogP contribution in [0.4, 0.5) is 5.69 Å². The fraction of sp³-hybridized carbons (Fsp3) is 0.529. The molecule has 0 spiro atoms. The van der Waals surface area contributed by atoms with Crippen LogP contribution < -0.4 is 15.8 Å². The first kappa shape index (κ1) is 20.1. The number of ether oxygens (including phenoxy) is 2. The van der Waals surface area contributed by atoms with Crippen LogP contribution in [0.1, 0.15) is 39.0 Å². The van der Waals surface area contributed by atoms with Gasteiger partial charge in [-0.25, -0.2) is 0 Å². The van der Waals surface area contributed by atoms with Crippen LogP contribution in [0.5, 0.6) is 5.75 Å². The van der Waals surface area contributed by atoms with E-state index in [-0.39, 0.29) is 5.97 Å². The summed E-state index contributed by atoms with van der Waals surface area (Å²) in [5.74, 6) is 0.838. The van der Waals surface area contributed by atoms with Gasteiger partial charge in [0.25, 0.3) is 0 Å². The lowest BCUT2D eigenvalue weighted by molar-refractivity contribution is -0.143. The third-order valence-electron chi connectivity index (χ3n) is 3.30. The minimum atomic E-state index is -0.123. The van der Waals surface area contributed by atoms with E-state index in [2.05, 4.69) is 10.3 Å². The highest BCUT2D eigenvalue weighted by molar-refractivity contribution is 6.32. The second-order valence-electron chi connectivity index (χ2n) is 5.21. The van der Waals surface area contributed by atoms with Gasteiger partial charge in [-0.15, -0.1) is 0 Å². The van der Waals surface area contributed by atoms with Crippen LogP contribution in [-0.2, 0) is 9.53 Å². The molecular formula is C17H26ClN3O3. The highest BCUT2D eigenvalue weighted by atomic mass is 35.5. The average Bonchev–Trinajstić information content (AvgIpc) is 2.54. The molecule has 0 unspecified atom stereocenters. The van der Waals surface area contributed by atoms with Gasteiger partial charge in [0.15, 0.2) is 5.96 Å². The van der Waals surface area contributed by atoms with Gasteiger partial charge in [-0.2, -0.15) is 0 Å². The molecule has 0 aliphatic rings. The van der Waals surface area contributed by atoms with E-state index >= 15 is 0 Å². The molecule has 0 fully saturated rings. The van der Waals surface area contributed by atoms with Gasteiger partial charge in [0.05, 0.1) is 18.7 Å². The summed E-state index contributed by atoms with van der Waals surface area (Å²) < 4.78 is 9.97. The fourth-order valence-corrected chi connectivity index (χ4v) is 2.36. The van der Waals surface area contributed by atoms with Gasteiger partial charge in [0.2, 0.25) is 0 Å². The lowest BCUT2D eigenvalue weighted by atomic mass is 10.1. The van der Waals surface area contributed by atoms with E-state index in [1.807, 2.05) is 13.0 Å². The first-order valence-corrected chi connectivity index (χ1v) is 8.50. The molecular weight excluding hydrogens is 330 g/mol. The maximum atomic E-state index is 11.2. The number of hydrogen-bond donors (Lipinski definition) is 2. The number of benzene rings is 1. The number of nitrogens with two attached hydrogens (primary N) is 1. The lowest BCUT2D eigenvalue weighted by Gasteiger charge is -2.08. The maximum absolute atomic E-state index is 11.2. The number of aliphatic imine (C=N–C) groups is 1. The number of anilines is 1. The Kier molecular flexibility index (Phi) is 9.68. The zero-order chi connectivity index (χ0) is 17.8. The van der Waals surface area contributed by atoms with Crippen molar-refractivity contribution in [3.05, 3.63) is 23.2 Å². The molecule has 7 heteroatoms. The fourth-order valence-electron chi connectivity index (χ4n) is 2.10. The summed E-state index contributed by atoms with van der Waals surface area (Å²) in [5.41, 5.74) is 6.60. The van der Waals surface area contributed by atoms with Crippen LogP contribution in [-0.4, -0.2) is 32.2 Å². The van der Waals surface area contributed by atoms with Crippen LogP contribution in [0, 0.1) is 0 Å². The molecule has 1 aromatic rings. The number of carbonyl (C=O) groups excluding carboxylic acids is 1. The Morgan fingerprint density at radius 1 is 1.29 bits per heavy atom. The number of methoxy groups -OCH3 is 1. The first-order valence-electron chi connectivity index (χ1n) is 8.13. The van der Waals surface area contributed by atoms with Crippen LogP contribution in [0.3, 0.4) is 0 Å². The van der Waals surface area contributed by atoms with Crippen molar-refractivity contribution in [1.82, 2.24) is 0 Å². The van der Waals surface area contributed by atoms with E-state index in [0.717, 1.165) is 31.4 Å². The van der Waals surface area contributed by atoms with Crippen molar-refractivity contribution < 1.29 is 14.3 Å². The van der Waals surface area contributed by atoms with Crippen molar-refractivity contribution in [3.8, 4) is 5.75 Å². The average molecular weight is 356 g/mol. The third-order valence-corrected chi connectivity index (χ3v) is 3.60. The summed E-state index contributed by atoms with van der Waals surface area (Å²) in [4.78, 5) is 15.4. The number of unbranched alkanes of at least 4 members (excludes halogenated alkanes) is 3. The number of hydrogen-bond acceptors (Lipinski definition) is 4. The quantitative estimate of drug-likeness (QED) is 0.290. The topological polar surface area (TPSA) is 85.9 Å². The van der Waals surface area contributed by atoms with Gasteiger partial charge < -0.3 is 20.5 Å². The number of guanidine groups is 1. The lowest BCUT2D eigenvalue weighted by Crippen LogP contribution is -2.22. The van der Waals surface area contributed by atoms with E-state index in [1.54, 1.807) is 19.2 Å². The van der Waals surface area contributed by atoms with Crippen LogP contribution in [0.15, 0.2) is 23.2 Å². The molecule has 0 saturated carbocycles. The van der Waals surface area contributed by atoms with Crippen molar-refractivity contribution in [3.63, 3.8) is 0 Å². The van der Waals surface area contributed by atoms with Gasteiger partial charge in [0.1, 0.15) is 5.75 Å². The minimum Gasteiger partial charge on any atom is -0.495 e. The maximum Gasteiger partial charge on any atom is 0.305 e. The second kappa shape index (κ2) is 11.6. The van der Waals surface area contributed by atoms with Gasteiger partial charge in [-0.3, -0.25) is 9.79 Å². The molecule has 0 radical (unpaired) electrons. The number of halogens is 1. The Bertz CT molecular complexity index is 550. The van der Waals surface area contributed by atoms with Crippen molar-refractivity contribution >= 4 is 29.2 Å². The summed E-state index contributed by atoms with van der Waals surface area (Å²) >= 11 is 6.05. The Balaban J connectivity index is 2.21. The van der Waals surface area contributed by atoms with E-state index in [0.29, 0.717) is 36.3 Å². The van der Waals surface area contributed by atoms with Gasteiger partial charge >= 0.3 is 5.97 Å². The molecule has 1 rings (SSSR count). The van der Waals surface area contributed by atoms with Crippen LogP contribution in [0.25, 0.3) is 0 Å². The highest BCUT2D eigenvalue weighted by Crippen LogP contribution is 2.26. The molecule has 24 heavy (non-hydrogen) atoms. The van der Waals surface area contributed by atoms with Crippen LogP contribution in [0.2, 0.25) is 5.02 Å². The van der Waals surface area contributed by atoms with Gasteiger partial charge in [0, 0.05) is 18.7 Å². The number of rotatable bonds is 10. The predicted molar refractivity (Wildman–Crippen MR) is 97.8 cm³/mol. The molecule has 0 bridgehead atoms. The largest absolute Gasteiger partial charge is 0.495 e. The van der Waals surface area contributed by atoms with Crippen molar-refractivity contribution in [2.24, 2.45) is 10.7 Å². The number of nitrogens with zero attached hydrogens (tertiary/aromatic N) is 1. The Labute approximate surface area is 148 Å². The van der Waals surface area contributed by atoms with Crippen molar-refractivity contribution in [1.29, 1.82) is 0 Å². The summed E-state index contributed by atoms with van der Waals surface area (Å²) in [6, 6.07) is 5.32. The SMILES string of the molecule is CCOC(=O)CCCCCCN=C(N)Nc1ccc(OC)c(Cl)c1.